The van der Waals surface area contributed by atoms with E-state index in [0.29, 0.717) is 0 Å². The summed E-state index contributed by atoms with van der Waals surface area (Å²) in [5.74, 6) is 0. The lowest BCUT2D eigenvalue weighted by molar-refractivity contribution is 0.108. The topological polar surface area (TPSA) is 36.4 Å². The summed E-state index contributed by atoms with van der Waals surface area (Å²) in [7, 11) is 0. The summed E-state index contributed by atoms with van der Waals surface area (Å²) < 4.78 is 0. The molecule has 1 atom stereocenters. The Morgan fingerprint density at radius 3 is 3.06 bits per heavy atom. The van der Waals surface area contributed by atoms with Crippen molar-refractivity contribution >= 4 is 11.3 Å². The number of hydrogen-bond donors (Lipinski definition) is 1. The van der Waals surface area contributed by atoms with E-state index in [1.54, 1.807) is 11.3 Å². The second kappa shape index (κ2) is 5.18. The molecule has 0 bridgehead atoms. The lowest BCUT2D eigenvalue weighted by Crippen LogP contribution is -2.36. The molecule has 1 aromatic heterocycles. The van der Waals surface area contributed by atoms with E-state index < -0.39 is 0 Å². The van der Waals surface area contributed by atoms with E-state index in [2.05, 4.69) is 28.1 Å². The molecule has 1 unspecified atom stereocenters. The van der Waals surface area contributed by atoms with Gasteiger partial charge < -0.3 is 5.11 Å². The van der Waals surface area contributed by atoms with Crippen LogP contribution in [0.2, 0.25) is 0 Å². The predicted molar refractivity (Wildman–Crippen MR) is 72.5 cm³/mol. The number of aliphatic hydroxyl groups is 1. The highest BCUT2D eigenvalue weighted by Gasteiger charge is 2.26. The van der Waals surface area contributed by atoms with Gasteiger partial charge in [0.15, 0.2) is 0 Å². The van der Waals surface area contributed by atoms with Crippen LogP contribution in [-0.2, 0) is 13.0 Å². The SMILES string of the molecule is OCC1c2ccccc2CCN1Cc1nccs1. The van der Waals surface area contributed by atoms with Gasteiger partial charge in [0.1, 0.15) is 5.01 Å². The first-order valence-electron chi connectivity index (χ1n) is 6.19. The maximum absolute atomic E-state index is 9.68. The Balaban J connectivity index is 1.85. The third-order valence-corrected chi connectivity index (χ3v) is 4.28. The highest BCUT2D eigenvalue weighted by Crippen LogP contribution is 2.30. The van der Waals surface area contributed by atoms with Gasteiger partial charge in [-0.15, -0.1) is 11.3 Å². The molecule has 0 spiro atoms. The Bertz CT molecular complexity index is 512. The maximum atomic E-state index is 9.68. The van der Waals surface area contributed by atoms with Crippen molar-refractivity contribution in [2.75, 3.05) is 13.2 Å². The molecule has 94 valence electrons. The smallest absolute Gasteiger partial charge is 0.107 e. The molecule has 1 N–H and O–H groups in total. The van der Waals surface area contributed by atoms with Crippen LogP contribution in [0.4, 0.5) is 0 Å². The first kappa shape index (κ1) is 11.8. The van der Waals surface area contributed by atoms with E-state index in [-0.39, 0.29) is 12.6 Å². The van der Waals surface area contributed by atoms with Crippen molar-refractivity contribution in [2.24, 2.45) is 0 Å². The minimum atomic E-state index is 0.110. The zero-order valence-corrected chi connectivity index (χ0v) is 10.9. The van der Waals surface area contributed by atoms with Gasteiger partial charge in [-0.3, -0.25) is 4.90 Å². The first-order valence-corrected chi connectivity index (χ1v) is 7.07. The molecule has 1 aliphatic rings. The van der Waals surface area contributed by atoms with Gasteiger partial charge in [-0.1, -0.05) is 24.3 Å². The lowest BCUT2D eigenvalue weighted by Gasteiger charge is -2.35. The average molecular weight is 260 g/mol. The Kier molecular flexibility index (Phi) is 3.41. The number of aromatic nitrogens is 1. The molecule has 0 saturated carbocycles. The quantitative estimate of drug-likeness (QED) is 0.919. The zero-order valence-electron chi connectivity index (χ0n) is 10.1. The van der Waals surface area contributed by atoms with Crippen LogP contribution in [0.15, 0.2) is 35.8 Å². The van der Waals surface area contributed by atoms with Crippen molar-refractivity contribution in [3.05, 3.63) is 52.0 Å². The molecule has 2 heterocycles. The Morgan fingerprint density at radius 2 is 2.28 bits per heavy atom. The van der Waals surface area contributed by atoms with Crippen LogP contribution in [0, 0.1) is 0 Å². The number of nitrogens with zero attached hydrogens (tertiary/aromatic N) is 2. The molecule has 1 aromatic carbocycles. The number of aliphatic hydroxyl groups excluding tert-OH is 1. The van der Waals surface area contributed by atoms with E-state index >= 15 is 0 Å². The number of hydrogen-bond acceptors (Lipinski definition) is 4. The zero-order chi connectivity index (χ0) is 12.4. The summed E-state index contributed by atoms with van der Waals surface area (Å²) in [6.45, 7) is 1.99. The van der Waals surface area contributed by atoms with E-state index in [4.69, 9.17) is 0 Å². The van der Waals surface area contributed by atoms with Gasteiger partial charge in [0.25, 0.3) is 0 Å². The number of rotatable bonds is 3. The van der Waals surface area contributed by atoms with Gasteiger partial charge in [-0.2, -0.15) is 0 Å². The summed E-state index contributed by atoms with van der Waals surface area (Å²) in [6, 6.07) is 8.53. The van der Waals surface area contributed by atoms with Crippen LogP contribution in [0.1, 0.15) is 22.2 Å². The van der Waals surface area contributed by atoms with Gasteiger partial charge in [-0.05, 0) is 17.5 Å². The molecular weight excluding hydrogens is 244 g/mol. The third-order valence-electron chi connectivity index (χ3n) is 3.52. The summed E-state index contributed by atoms with van der Waals surface area (Å²) in [4.78, 5) is 6.65. The van der Waals surface area contributed by atoms with E-state index in [9.17, 15) is 5.11 Å². The Morgan fingerprint density at radius 1 is 1.39 bits per heavy atom. The van der Waals surface area contributed by atoms with Crippen LogP contribution >= 0.6 is 11.3 Å². The molecule has 0 amide bonds. The van der Waals surface area contributed by atoms with Crippen LogP contribution in [-0.4, -0.2) is 28.1 Å². The summed E-state index contributed by atoms with van der Waals surface area (Å²) in [5.41, 5.74) is 2.63. The summed E-state index contributed by atoms with van der Waals surface area (Å²) in [5, 5.41) is 12.8. The van der Waals surface area contributed by atoms with E-state index in [1.807, 2.05) is 17.6 Å². The molecule has 4 heteroatoms. The van der Waals surface area contributed by atoms with Gasteiger partial charge in [0.2, 0.25) is 0 Å². The lowest BCUT2D eigenvalue weighted by atomic mass is 9.93. The Hall–Kier alpha value is -1.23. The van der Waals surface area contributed by atoms with Gasteiger partial charge in [0, 0.05) is 18.1 Å². The molecule has 0 saturated heterocycles. The van der Waals surface area contributed by atoms with Crippen molar-refractivity contribution in [1.29, 1.82) is 0 Å². The Labute approximate surface area is 111 Å². The molecular formula is C14H16N2OS. The molecule has 1 aliphatic heterocycles. The van der Waals surface area contributed by atoms with E-state index in [1.165, 1.54) is 11.1 Å². The number of fused-ring (bicyclic) bond motifs is 1. The first-order chi connectivity index (χ1) is 8.88. The molecule has 3 rings (SSSR count). The molecule has 0 radical (unpaired) electrons. The van der Waals surface area contributed by atoms with Crippen LogP contribution in [0.25, 0.3) is 0 Å². The third kappa shape index (κ3) is 2.19. The number of benzene rings is 1. The predicted octanol–water partition coefficient (Wildman–Crippen LogP) is 2.23. The fourth-order valence-electron chi connectivity index (χ4n) is 2.61. The van der Waals surface area contributed by atoms with Crippen molar-refractivity contribution in [1.82, 2.24) is 9.88 Å². The standard InChI is InChI=1S/C14H16N2OS/c17-10-13-12-4-2-1-3-11(12)5-7-16(13)9-14-15-6-8-18-14/h1-4,6,8,13,17H,5,7,9-10H2. The summed E-state index contributed by atoms with van der Waals surface area (Å²) in [6.07, 6.45) is 2.89. The molecule has 0 aliphatic carbocycles. The molecule has 18 heavy (non-hydrogen) atoms. The van der Waals surface area contributed by atoms with Gasteiger partial charge >= 0.3 is 0 Å². The normalized spacial score (nSPS) is 19.7. The molecule has 0 fully saturated rings. The van der Waals surface area contributed by atoms with Crippen LogP contribution in [0.5, 0.6) is 0 Å². The van der Waals surface area contributed by atoms with Crippen molar-refractivity contribution in [3.8, 4) is 0 Å². The highest BCUT2D eigenvalue weighted by molar-refractivity contribution is 7.09. The van der Waals surface area contributed by atoms with Crippen molar-refractivity contribution in [2.45, 2.75) is 19.0 Å². The molecule has 3 nitrogen and oxygen atoms in total. The number of thiazole rings is 1. The largest absolute Gasteiger partial charge is 0.394 e. The average Bonchev–Trinajstić information content (AvgIpc) is 2.91. The van der Waals surface area contributed by atoms with Crippen LogP contribution < -0.4 is 0 Å². The van der Waals surface area contributed by atoms with E-state index in [0.717, 1.165) is 24.5 Å². The summed E-state index contributed by atoms with van der Waals surface area (Å²) >= 11 is 1.68. The fourth-order valence-corrected chi connectivity index (χ4v) is 3.25. The fraction of sp³-hybridized carbons (Fsp3) is 0.357. The van der Waals surface area contributed by atoms with Crippen LogP contribution in [0.3, 0.4) is 0 Å². The monoisotopic (exact) mass is 260 g/mol. The molecule has 2 aromatic rings. The maximum Gasteiger partial charge on any atom is 0.107 e. The second-order valence-corrected chi connectivity index (χ2v) is 5.52. The second-order valence-electron chi connectivity index (χ2n) is 4.54. The van der Waals surface area contributed by atoms with Gasteiger partial charge in [-0.25, -0.2) is 4.98 Å². The minimum absolute atomic E-state index is 0.110. The van der Waals surface area contributed by atoms with Gasteiger partial charge in [0.05, 0.1) is 19.2 Å². The van der Waals surface area contributed by atoms with Crippen molar-refractivity contribution in [3.63, 3.8) is 0 Å². The highest BCUT2D eigenvalue weighted by atomic mass is 32.1. The van der Waals surface area contributed by atoms with Crippen molar-refractivity contribution < 1.29 is 5.11 Å². The minimum Gasteiger partial charge on any atom is -0.394 e.